The molecule has 2 amide bonds. The molecule has 0 spiro atoms. The number of amides is 2. The zero-order chi connectivity index (χ0) is 24.2. The molecule has 2 aromatic carbocycles. The maximum Gasteiger partial charge on any atom is 0.248 e. The number of rotatable bonds is 7. The van der Waals surface area contributed by atoms with E-state index in [1.54, 1.807) is 6.92 Å². The van der Waals surface area contributed by atoms with Crippen LogP contribution in [0.5, 0.6) is 0 Å². The second kappa shape index (κ2) is 10.1. The lowest BCUT2D eigenvalue weighted by Crippen LogP contribution is -2.48. The summed E-state index contributed by atoms with van der Waals surface area (Å²) in [5, 5.41) is 13.9. The molecule has 1 N–H and O–H groups in total. The number of halogens is 1. The second-order valence-electron chi connectivity index (χ2n) is 8.98. The Morgan fingerprint density at radius 3 is 2.26 bits per heavy atom. The van der Waals surface area contributed by atoms with Crippen molar-refractivity contribution in [2.24, 2.45) is 0 Å². The molecule has 4 atom stereocenters. The summed E-state index contributed by atoms with van der Waals surface area (Å²) in [6.45, 7) is 5.74. The van der Waals surface area contributed by atoms with Gasteiger partial charge in [-0.25, -0.2) is 9.07 Å². The number of likely N-dealkylation sites (tertiary alicyclic amines) is 1. The van der Waals surface area contributed by atoms with Crippen LogP contribution in [0.1, 0.15) is 61.9 Å². The maximum absolute atomic E-state index is 14.4. The van der Waals surface area contributed by atoms with Gasteiger partial charge in [-0.3, -0.25) is 9.59 Å². The van der Waals surface area contributed by atoms with E-state index >= 15 is 0 Å². The fraction of sp³-hybridized carbons (Fsp3) is 0.400. The number of carbonyl (C=O) groups excluding carboxylic acids is 2. The van der Waals surface area contributed by atoms with E-state index < -0.39 is 30.2 Å². The summed E-state index contributed by atoms with van der Waals surface area (Å²) in [4.78, 5) is 27.8. The van der Waals surface area contributed by atoms with Gasteiger partial charge in [-0.05, 0) is 40.0 Å². The highest BCUT2D eigenvalue weighted by atomic mass is 19.1. The molecule has 34 heavy (non-hydrogen) atoms. The van der Waals surface area contributed by atoms with E-state index in [2.05, 4.69) is 46.8 Å². The van der Waals surface area contributed by atoms with Gasteiger partial charge >= 0.3 is 0 Å². The highest BCUT2D eigenvalue weighted by Gasteiger charge is 2.42. The molecule has 9 heteroatoms. The quantitative estimate of drug-likeness (QED) is 0.580. The summed E-state index contributed by atoms with van der Waals surface area (Å²) >= 11 is 0. The van der Waals surface area contributed by atoms with Crippen molar-refractivity contribution in [2.75, 3.05) is 6.54 Å². The van der Waals surface area contributed by atoms with E-state index in [9.17, 15) is 14.0 Å². The van der Waals surface area contributed by atoms with Crippen molar-refractivity contribution in [2.45, 2.75) is 57.4 Å². The molecule has 1 saturated heterocycles. The van der Waals surface area contributed by atoms with Gasteiger partial charge in [-0.2, -0.15) is 0 Å². The number of tetrazole rings is 1. The van der Waals surface area contributed by atoms with Crippen molar-refractivity contribution in [3.63, 3.8) is 0 Å². The predicted octanol–water partition coefficient (Wildman–Crippen LogP) is 3.20. The summed E-state index contributed by atoms with van der Waals surface area (Å²) in [6, 6.07) is 15.6. The van der Waals surface area contributed by atoms with E-state index in [0.29, 0.717) is 5.92 Å². The first-order chi connectivity index (χ1) is 16.3. The number of alkyl halides is 1. The molecule has 1 fully saturated rings. The molecule has 0 bridgehead atoms. The fourth-order valence-corrected chi connectivity index (χ4v) is 4.29. The van der Waals surface area contributed by atoms with Gasteiger partial charge < -0.3 is 10.2 Å². The summed E-state index contributed by atoms with van der Waals surface area (Å²) in [5.74, 6) is -0.398. The standard InChI is InChI=1S/C25H29FN6O2/c1-16(2)18-9-11-20(12-10-18)23(19-7-5-4-6-8-19)28-24(33)22-13-21(26)14-31(22)25(34)17(3)32-15-27-29-30-32/h4-12,15-17,21-23H,13-14H2,1-3H3,(H,28,33). The first-order valence-corrected chi connectivity index (χ1v) is 11.5. The number of hydrogen-bond donors (Lipinski definition) is 1. The molecule has 3 aromatic rings. The maximum atomic E-state index is 14.4. The van der Waals surface area contributed by atoms with Gasteiger partial charge in [-0.15, -0.1) is 5.10 Å². The average molecular weight is 465 g/mol. The molecule has 2 heterocycles. The third-order valence-electron chi connectivity index (χ3n) is 6.31. The molecular formula is C25H29FN6O2. The van der Waals surface area contributed by atoms with Gasteiger partial charge in [0.05, 0.1) is 12.6 Å². The zero-order valence-electron chi connectivity index (χ0n) is 19.5. The lowest BCUT2D eigenvalue weighted by molar-refractivity contribution is -0.141. The molecule has 1 aromatic heterocycles. The van der Waals surface area contributed by atoms with Gasteiger partial charge in [0.15, 0.2) is 0 Å². The molecule has 0 aliphatic carbocycles. The highest BCUT2D eigenvalue weighted by molar-refractivity contribution is 5.90. The Hall–Kier alpha value is -3.62. The van der Waals surface area contributed by atoms with Gasteiger partial charge in [0.25, 0.3) is 0 Å². The Bertz CT molecular complexity index is 1100. The summed E-state index contributed by atoms with van der Waals surface area (Å²) in [7, 11) is 0. The Morgan fingerprint density at radius 1 is 1.00 bits per heavy atom. The van der Waals surface area contributed by atoms with E-state index in [4.69, 9.17) is 0 Å². The first-order valence-electron chi connectivity index (χ1n) is 11.5. The molecular weight excluding hydrogens is 435 g/mol. The van der Waals surface area contributed by atoms with Crippen LogP contribution in [0.15, 0.2) is 60.9 Å². The van der Waals surface area contributed by atoms with Gasteiger partial charge in [0.1, 0.15) is 24.6 Å². The number of hydrogen-bond acceptors (Lipinski definition) is 5. The lowest BCUT2D eigenvalue weighted by Gasteiger charge is -2.28. The lowest BCUT2D eigenvalue weighted by atomic mass is 9.95. The van der Waals surface area contributed by atoms with E-state index in [1.807, 2.05) is 42.5 Å². The van der Waals surface area contributed by atoms with Gasteiger partial charge in [-0.1, -0.05) is 68.4 Å². The molecule has 1 aliphatic heterocycles. The van der Waals surface area contributed by atoms with Crippen LogP contribution in [-0.4, -0.2) is 55.7 Å². The Morgan fingerprint density at radius 2 is 1.65 bits per heavy atom. The largest absolute Gasteiger partial charge is 0.343 e. The Kier molecular flexibility index (Phi) is 7.00. The third kappa shape index (κ3) is 4.98. The number of nitrogens with one attached hydrogen (secondary N) is 1. The summed E-state index contributed by atoms with van der Waals surface area (Å²) in [6.07, 6.45) is 0.00177. The van der Waals surface area contributed by atoms with Crippen LogP contribution >= 0.6 is 0 Å². The topological polar surface area (TPSA) is 93.0 Å². The van der Waals surface area contributed by atoms with E-state index in [1.165, 1.54) is 21.5 Å². The predicted molar refractivity (Wildman–Crippen MR) is 125 cm³/mol. The van der Waals surface area contributed by atoms with Crippen molar-refractivity contribution < 1.29 is 14.0 Å². The SMILES string of the molecule is CC(C)c1ccc(C(NC(=O)C2CC(F)CN2C(=O)C(C)n2cnnn2)c2ccccc2)cc1. The zero-order valence-corrected chi connectivity index (χ0v) is 19.5. The highest BCUT2D eigenvalue weighted by Crippen LogP contribution is 2.28. The summed E-state index contributed by atoms with van der Waals surface area (Å²) in [5.41, 5.74) is 3.02. The van der Waals surface area contributed by atoms with Crippen molar-refractivity contribution in [1.29, 1.82) is 0 Å². The van der Waals surface area contributed by atoms with Crippen molar-refractivity contribution in [3.8, 4) is 0 Å². The minimum absolute atomic E-state index is 0.0479. The molecule has 4 unspecified atom stereocenters. The smallest absolute Gasteiger partial charge is 0.248 e. The van der Waals surface area contributed by atoms with Gasteiger partial charge in [0, 0.05) is 6.42 Å². The monoisotopic (exact) mass is 464 g/mol. The van der Waals surface area contributed by atoms with Gasteiger partial charge in [0.2, 0.25) is 11.8 Å². The van der Waals surface area contributed by atoms with Crippen LogP contribution in [0.25, 0.3) is 0 Å². The molecule has 1 aliphatic rings. The second-order valence-corrected chi connectivity index (χ2v) is 8.98. The van der Waals surface area contributed by atoms with Crippen LogP contribution in [0, 0.1) is 0 Å². The average Bonchev–Trinajstić information content (AvgIpc) is 3.52. The number of nitrogens with zero attached hydrogens (tertiary/aromatic N) is 5. The number of aromatic nitrogens is 4. The minimum atomic E-state index is -1.28. The van der Waals surface area contributed by atoms with Crippen LogP contribution in [0.4, 0.5) is 4.39 Å². The molecule has 178 valence electrons. The van der Waals surface area contributed by atoms with Crippen LogP contribution in [0.3, 0.4) is 0 Å². The summed E-state index contributed by atoms with van der Waals surface area (Å²) < 4.78 is 15.7. The molecule has 8 nitrogen and oxygen atoms in total. The van der Waals surface area contributed by atoms with Crippen LogP contribution in [0.2, 0.25) is 0 Å². The molecule has 0 radical (unpaired) electrons. The Labute approximate surface area is 198 Å². The van der Waals surface area contributed by atoms with Crippen LogP contribution in [-0.2, 0) is 9.59 Å². The number of benzene rings is 2. The van der Waals surface area contributed by atoms with Crippen molar-refractivity contribution in [3.05, 3.63) is 77.6 Å². The van der Waals surface area contributed by atoms with E-state index in [0.717, 1.165) is 11.1 Å². The molecule has 4 rings (SSSR count). The van der Waals surface area contributed by atoms with Crippen LogP contribution < -0.4 is 5.32 Å². The normalized spacial score (nSPS) is 19.7. The first kappa shape index (κ1) is 23.5. The Balaban J connectivity index is 1.58. The molecule has 0 saturated carbocycles. The van der Waals surface area contributed by atoms with E-state index in [-0.39, 0.29) is 18.9 Å². The minimum Gasteiger partial charge on any atom is -0.343 e. The van der Waals surface area contributed by atoms with Crippen molar-refractivity contribution >= 4 is 11.8 Å². The van der Waals surface area contributed by atoms with Crippen molar-refractivity contribution in [1.82, 2.24) is 30.4 Å². The fourth-order valence-electron chi connectivity index (χ4n) is 4.29. The third-order valence-corrected chi connectivity index (χ3v) is 6.31. The number of carbonyl (C=O) groups is 2.